The van der Waals surface area contributed by atoms with Crippen LogP contribution in [0.25, 0.3) is 0 Å². The molecule has 0 aromatic heterocycles. The van der Waals surface area contributed by atoms with Crippen molar-refractivity contribution in [2.75, 3.05) is 12.3 Å². The molecule has 1 aliphatic heterocycles. The zero-order valence-electron chi connectivity index (χ0n) is 12.8. The van der Waals surface area contributed by atoms with Crippen molar-refractivity contribution >= 4 is 16.9 Å². The molecule has 1 unspecified atom stereocenters. The highest BCUT2D eigenvalue weighted by Crippen LogP contribution is 2.31. The average molecular weight is 282 g/mol. The van der Waals surface area contributed by atoms with Crippen LogP contribution >= 0.6 is 11.8 Å². The first kappa shape index (κ1) is 15.2. The van der Waals surface area contributed by atoms with Crippen LogP contribution in [-0.4, -0.2) is 23.5 Å². The van der Waals surface area contributed by atoms with E-state index in [0.29, 0.717) is 12.0 Å². The molecule has 0 spiro atoms. The van der Waals surface area contributed by atoms with Gasteiger partial charge in [0.25, 0.3) is 0 Å². The molecule has 2 aliphatic rings. The maximum Gasteiger partial charge on any atom is 0.156 e. The minimum absolute atomic E-state index is 0.635. The van der Waals surface area contributed by atoms with Gasteiger partial charge in [-0.2, -0.15) is 0 Å². The number of rotatable bonds is 4. The van der Waals surface area contributed by atoms with Crippen LogP contribution < -0.4 is 5.32 Å². The molecular weight excluding hydrogens is 252 g/mol. The minimum atomic E-state index is 0.635. The van der Waals surface area contributed by atoms with Gasteiger partial charge in [0, 0.05) is 18.3 Å². The first-order valence-corrected chi connectivity index (χ1v) is 9.11. The van der Waals surface area contributed by atoms with Crippen LogP contribution in [0, 0.1) is 17.8 Å². The van der Waals surface area contributed by atoms with Crippen molar-refractivity contribution in [1.29, 1.82) is 0 Å². The van der Waals surface area contributed by atoms with Crippen LogP contribution in [0.2, 0.25) is 0 Å². The third-order valence-corrected chi connectivity index (χ3v) is 5.78. The van der Waals surface area contributed by atoms with Crippen LogP contribution in [0.4, 0.5) is 0 Å². The highest BCUT2D eigenvalue weighted by Gasteiger charge is 2.22. The molecule has 0 aromatic carbocycles. The first-order valence-electron chi connectivity index (χ1n) is 8.12. The van der Waals surface area contributed by atoms with E-state index in [1.807, 2.05) is 11.8 Å². The molecule has 2 fully saturated rings. The number of nitrogens with one attached hydrogen (secondary N) is 1. The molecule has 0 aromatic rings. The highest BCUT2D eigenvalue weighted by molar-refractivity contribution is 8.13. The topological polar surface area (TPSA) is 24.4 Å². The quantitative estimate of drug-likeness (QED) is 0.831. The molecule has 3 heteroatoms. The summed E-state index contributed by atoms with van der Waals surface area (Å²) in [4.78, 5) is 4.86. The van der Waals surface area contributed by atoms with Crippen molar-refractivity contribution in [2.24, 2.45) is 22.7 Å². The van der Waals surface area contributed by atoms with Crippen molar-refractivity contribution in [3.63, 3.8) is 0 Å². The fourth-order valence-electron chi connectivity index (χ4n) is 3.18. The van der Waals surface area contributed by atoms with Gasteiger partial charge in [-0.1, -0.05) is 51.8 Å². The zero-order chi connectivity index (χ0) is 13.7. The van der Waals surface area contributed by atoms with E-state index < -0.39 is 0 Å². The number of amidine groups is 1. The number of nitrogens with zero attached hydrogens (tertiary/aromatic N) is 1. The lowest BCUT2D eigenvalue weighted by atomic mass is 9.81. The summed E-state index contributed by atoms with van der Waals surface area (Å²) >= 11 is 1.92. The molecule has 2 nitrogen and oxygen atoms in total. The molecule has 1 atom stereocenters. The number of aliphatic imine (C=N–C) groups is 1. The number of thioether (sulfide) groups is 1. The Hall–Kier alpha value is -0.180. The van der Waals surface area contributed by atoms with Gasteiger partial charge in [-0.15, -0.1) is 0 Å². The van der Waals surface area contributed by atoms with E-state index in [1.54, 1.807) is 0 Å². The third-order valence-electron chi connectivity index (χ3n) is 4.82. The summed E-state index contributed by atoms with van der Waals surface area (Å²) in [6, 6.07) is 0.635. The Balaban J connectivity index is 1.76. The first-order chi connectivity index (χ1) is 9.19. The fraction of sp³-hybridized carbons (Fsp3) is 0.938. The molecule has 1 saturated heterocycles. The van der Waals surface area contributed by atoms with Gasteiger partial charge in [0.1, 0.15) is 0 Å². The lowest BCUT2D eigenvalue weighted by Gasteiger charge is -2.30. The molecule has 1 saturated carbocycles. The van der Waals surface area contributed by atoms with Gasteiger partial charge in [0.2, 0.25) is 0 Å². The van der Waals surface area contributed by atoms with Crippen LogP contribution in [0.15, 0.2) is 4.99 Å². The fourth-order valence-corrected chi connectivity index (χ4v) is 4.15. The molecule has 19 heavy (non-hydrogen) atoms. The second kappa shape index (κ2) is 7.56. The highest BCUT2D eigenvalue weighted by atomic mass is 32.2. The van der Waals surface area contributed by atoms with Gasteiger partial charge in [-0.05, 0) is 37.0 Å². The Bertz CT molecular complexity index is 293. The molecule has 0 amide bonds. The minimum Gasteiger partial charge on any atom is -0.362 e. The zero-order valence-corrected chi connectivity index (χ0v) is 13.6. The number of hydrogen-bond acceptors (Lipinski definition) is 2. The van der Waals surface area contributed by atoms with E-state index in [4.69, 9.17) is 4.99 Å². The average Bonchev–Trinajstić information content (AvgIpc) is 2.46. The van der Waals surface area contributed by atoms with E-state index in [1.165, 1.54) is 49.4 Å². The summed E-state index contributed by atoms with van der Waals surface area (Å²) in [6.45, 7) is 7.99. The normalized spacial score (nSPS) is 34.5. The van der Waals surface area contributed by atoms with Crippen molar-refractivity contribution in [1.82, 2.24) is 5.32 Å². The molecule has 2 rings (SSSR count). The van der Waals surface area contributed by atoms with Crippen LogP contribution in [0.5, 0.6) is 0 Å². The SMILES string of the molecule is CCC1CCC(CN=C2NC(C(C)C)CCS2)CC1. The maximum absolute atomic E-state index is 4.86. The summed E-state index contributed by atoms with van der Waals surface area (Å²) in [5.41, 5.74) is 0. The Morgan fingerprint density at radius 1 is 1.16 bits per heavy atom. The molecular formula is C16H30N2S. The van der Waals surface area contributed by atoms with Gasteiger partial charge < -0.3 is 5.32 Å². The van der Waals surface area contributed by atoms with E-state index in [9.17, 15) is 0 Å². The summed E-state index contributed by atoms with van der Waals surface area (Å²) in [5, 5.41) is 4.84. The Labute approximate surface area is 123 Å². The van der Waals surface area contributed by atoms with Crippen LogP contribution in [0.3, 0.4) is 0 Å². The van der Waals surface area contributed by atoms with Gasteiger partial charge in [-0.3, -0.25) is 4.99 Å². The Morgan fingerprint density at radius 3 is 2.47 bits per heavy atom. The largest absolute Gasteiger partial charge is 0.362 e. The summed E-state index contributed by atoms with van der Waals surface area (Å²) in [6.07, 6.45) is 8.31. The number of hydrogen-bond donors (Lipinski definition) is 1. The lowest BCUT2D eigenvalue weighted by molar-refractivity contribution is 0.274. The lowest BCUT2D eigenvalue weighted by Crippen LogP contribution is -2.41. The van der Waals surface area contributed by atoms with Crippen LogP contribution in [-0.2, 0) is 0 Å². The Morgan fingerprint density at radius 2 is 1.84 bits per heavy atom. The Kier molecular flexibility index (Phi) is 6.06. The van der Waals surface area contributed by atoms with Gasteiger partial charge in [-0.25, -0.2) is 0 Å². The van der Waals surface area contributed by atoms with Gasteiger partial charge in [0.05, 0.1) is 0 Å². The monoisotopic (exact) mass is 282 g/mol. The molecule has 0 bridgehead atoms. The summed E-state index contributed by atoms with van der Waals surface area (Å²) < 4.78 is 0. The predicted octanol–water partition coefficient (Wildman–Crippen LogP) is 4.31. The second-order valence-corrected chi connectivity index (χ2v) is 7.66. The van der Waals surface area contributed by atoms with Crippen molar-refractivity contribution in [3.8, 4) is 0 Å². The molecule has 1 N–H and O–H groups in total. The van der Waals surface area contributed by atoms with Gasteiger partial charge in [0.15, 0.2) is 5.17 Å². The van der Waals surface area contributed by atoms with E-state index in [0.717, 1.165) is 18.4 Å². The summed E-state index contributed by atoms with van der Waals surface area (Å²) in [5.74, 6) is 3.79. The van der Waals surface area contributed by atoms with E-state index in [-0.39, 0.29) is 0 Å². The van der Waals surface area contributed by atoms with Crippen LogP contribution in [0.1, 0.15) is 59.3 Å². The van der Waals surface area contributed by atoms with Crippen molar-refractivity contribution in [2.45, 2.75) is 65.3 Å². The third kappa shape index (κ3) is 4.70. The second-order valence-electron chi connectivity index (χ2n) is 6.57. The maximum atomic E-state index is 4.86. The molecule has 1 heterocycles. The van der Waals surface area contributed by atoms with E-state index >= 15 is 0 Å². The molecule has 1 aliphatic carbocycles. The van der Waals surface area contributed by atoms with Gasteiger partial charge >= 0.3 is 0 Å². The summed E-state index contributed by atoms with van der Waals surface area (Å²) in [7, 11) is 0. The predicted molar refractivity (Wildman–Crippen MR) is 86.9 cm³/mol. The standard InChI is InChI=1S/C16H30N2S/c1-4-13-5-7-14(8-6-13)11-17-16-18-15(12(2)3)9-10-19-16/h12-15H,4-11H2,1-3H3,(H,17,18). The van der Waals surface area contributed by atoms with Crippen molar-refractivity contribution < 1.29 is 0 Å². The molecule has 110 valence electrons. The molecule has 0 radical (unpaired) electrons. The van der Waals surface area contributed by atoms with Crippen molar-refractivity contribution in [3.05, 3.63) is 0 Å². The smallest absolute Gasteiger partial charge is 0.156 e. The van der Waals surface area contributed by atoms with E-state index in [2.05, 4.69) is 26.1 Å².